The van der Waals surface area contributed by atoms with E-state index in [0.29, 0.717) is 10.9 Å². The number of hydrogen-bond donors (Lipinski definition) is 1. The lowest BCUT2D eigenvalue weighted by molar-refractivity contribution is 0.414. The van der Waals surface area contributed by atoms with Crippen LogP contribution in [0.15, 0.2) is 69.9 Å². The van der Waals surface area contributed by atoms with Gasteiger partial charge in [0, 0.05) is 11.6 Å². The monoisotopic (exact) mass is 439 g/mol. The van der Waals surface area contributed by atoms with E-state index in [9.17, 15) is 16.8 Å². The fourth-order valence-corrected chi connectivity index (χ4v) is 5.21. The number of rotatable bonds is 7. The van der Waals surface area contributed by atoms with Crippen LogP contribution in [0.3, 0.4) is 0 Å². The van der Waals surface area contributed by atoms with Crippen molar-refractivity contribution >= 4 is 36.5 Å². The van der Waals surface area contributed by atoms with Crippen LogP contribution in [0.25, 0.3) is 0 Å². The van der Waals surface area contributed by atoms with Crippen LogP contribution >= 0.6 is 11.3 Å². The molecule has 148 valence electrons. The standard InChI is InChI=1S/C17H17N3O5S3/c1-25-14-4-2-13(3-5-14)12-20(17-19-10-11-26-17)28(23,24)16-8-6-15(7-9-16)27(18,21)22/h2-11H,12H2,1H3,(H2,18,21,22). The van der Waals surface area contributed by atoms with Crippen LogP contribution in [-0.4, -0.2) is 28.9 Å². The highest BCUT2D eigenvalue weighted by molar-refractivity contribution is 7.93. The van der Waals surface area contributed by atoms with Gasteiger partial charge < -0.3 is 4.74 Å². The lowest BCUT2D eigenvalue weighted by atomic mass is 10.2. The molecule has 0 saturated carbocycles. The van der Waals surface area contributed by atoms with Crippen molar-refractivity contribution in [3.8, 4) is 5.75 Å². The molecule has 11 heteroatoms. The Morgan fingerprint density at radius 1 is 1.00 bits per heavy atom. The molecule has 0 fully saturated rings. The summed E-state index contributed by atoms with van der Waals surface area (Å²) in [7, 11) is -6.35. The predicted octanol–water partition coefficient (Wildman–Crippen LogP) is 2.19. The third kappa shape index (κ3) is 4.33. The van der Waals surface area contributed by atoms with E-state index in [1.165, 1.54) is 34.0 Å². The van der Waals surface area contributed by atoms with E-state index in [1.54, 1.807) is 36.8 Å². The van der Waals surface area contributed by atoms with Gasteiger partial charge in [-0.3, -0.25) is 0 Å². The Hall–Kier alpha value is -2.47. The zero-order chi connectivity index (χ0) is 20.4. The number of anilines is 1. The molecule has 3 aromatic rings. The molecule has 0 bridgehead atoms. The van der Waals surface area contributed by atoms with E-state index in [1.807, 2.05) is 0 Å². The molecule has 1 aromatic heterocycles. The molecule has 2 aromatic carbocycles. The minimum atomic E-state index is -3.99. The predicted molar refractivity (Wildman–Crippen MR) is 106 cm³/mol. The molecule has 0 aliphatic carbocycles. The van der Waals surface area contributed by atoms with Gasteiger partial charge in [0.05, 0.1) is 23.4 Å². The van der Waals surface area contributed by atoms with Crippen molar-refractivity contribution in [1.82, 2.24) is 4.98 Å². The van der Waals surface area contributed by atoms with E-state index in [0.717, 1.165) is 17.7 Å². The van der Waals surface area contributed by atoms with E-state index >= 15 is 0 Å². The van der Waals surface area contributed by atoms with Crippen molar-refractivity contribution in [3.63, 3.8) is 0 Å². The molecule has 0 amide bonds. The van der Waals surface area contributed by atoms with Crippen molar-refractivity contribution in [2.75, 3.05) is 11.4 Å². The first-order valence-corrected chi connectivity index (χ1v) is 11.8. The summed E-state index contributed by atoms with van der Waals surface area (Å²) in [6, 6.07) is 11.8. The first-order valence-electron chi connectivity index (χ1n) is 7.90. The largest absolute Gasteiger partial charge is 0.497 e. The second-order valence-corrected chi connectivity index (χ2v) is 9.99. The van der Waals surface area contributed by atoms with Gasteiger partial charge in [0.25, 0.3) is 10.0 Å². The zero-order valence-corrected chi connectivity index (χ0v) is 17.2. The number of benzene rings is 2. The quantitative estimate of drug-likeness (QED) is 0.603. The normalized spacial score (nSPS) is 11.9. The van der Waals surface area contributed by atoms with Crippen LogP contribution < -0.4 is 14.2 Å². The fraction of sp³-hybridized carbons (Fsp3) is 0.118. The van der Waals surface area contributed by atoms with Gasteiger partial charge in [0.2, 0.25) is 10.0 Å². The maximum absolute atomic E-state index is 13.2. The van der Waals surface area contributed by atoms with Gasteiger partial charge in [-0.25, -0.2) is 31.3 Å². The molecule has 0 saturated heterocycles. The summed E-state index contributed by atoms with van der Waals surface area (Å²) in [6.45, 7) is 0.0524. The molecule has 0 aliphatic heterocycles. The summed E-state index contributed by atoms with van der Waals surface area (Å²) in [5, 5.41) is 7.05. The Bertz CT molecular complexity index is 1140. The van der Waals surface area contributed by atoms with Crippen LogP contribution in [0.5, 0.6) is 5.75 Å². The zero-order valence-electron chi connectivity index (χ0n) is 14.7. The lowest BCUT2D eigenvalue weighted by Crippen LogP contribution is -2.30. The minimum absolute atomic E-state index is 0.0524. The molecule has 28 heavy (non-hydrogen) atoms. The number of hydrogen-bond acceptors (Lipinski definition) is 7. The third-order valence-corrected chi connectivity index (χ3v) is 7.45. The van der Waals surface area contributed by atoms with Gasteiger partial charge in [0.1, 0.15) is 5.75 Å². The van der Waals surface area contributed by atoms with E-state index in [-0.39, 0.29) is 16.3 Å². The van der Waals surface area contributed by atoms with Gasteiger partial charge in [-0.2, -0.15) is 0 Å². The molecule has 8 nitrogen and oxygen atoms in total. The number of nitrogens with zero attached hydrogens (tertiary/aromatic N) is 2. The molecule has 0 radical (unpaired) electrons. The molecule has 0 unspecified atom stereocenters. The highest BCUT2D eigenvalue weighted by Crippen LogP contribution is 2.28. The van der Waals surface area contributed by atoms with Crippen LogP contribution in [-0.2, 0) is 26.6 Å². The average molecular weight is 440 g/mol. The Morgan fingerprint density at radius 2 is 1.61 bits per heavy atom. The van der Waals surface area contributed by atoms with Crippen molar-refractivity contribution in [2.24, 2.45) is 5.14 Å². The Kier molecular flexibility index (Phi) is 5.70. The molecule has 0 spiro atoms. The van der Waals surface area contributed by atoms with Gasteiger partial charge in [0.15, 0.2) is 5.13 Å². The number of ether oxygens (including phenoxy) is 1. The minimum Gasteiger partial charge on any atom is -0.497 e. The topological polar surface area (TPSA) is 120 Å². The number of methoxy groups -OCH3 is 1. The van der Waals surface area contributed by atoms with Gasteiger partial charge in [-0.1, -0.05) is 12.1 Å². The van der Waals surface area contributed by atoms with E-state index in [4.69, 9.17) is 9.88 Å². The van der Waals surface area contributed by atoms with Crippen molar-refractivity contribution < 1.29 is 21.6 Å². The molecular weight excluding hydrogens is 422 g/mol. The Morgan fingerprint density at radius 3 is 2.11 bits per heavy atom. The Labute approximate surface area is 167 Å². The second kappa shape index (κ2) is 7.87. The number of nitrogens with two attached hydrogens (primary N) is 1. The fourth-order valence-electron chi connectivity index (χ4n) is 2.42. The van der Waals surface area contributed by atoms with Gasteiger partial charge in [-0.15, -0.1) is 11.3 Å². The Balaban J connectivity index is 1.99. The maximum atomic E-state index is 13.2. The average Bonchev–Trinajstić information content (AvgIpc) is 3.20. The van der Waals surface area contributed by atoms with E-state index in [2.05, 4.69) is 4.98 Å². The summed E-state index contributed by atoms with van der Waals surface area (Å²) in [5.74, 6) is 0.658. The summed E-state index contributed by atoms with van der Waals surface area (Å²) in [5.41, 5.74) is 0.737. The first kappa shape index (κ1) is 20.3. The molecule has 0 aliphatic rings. The molecule has 1 heterocycles. The van der Waals surface area contributed by atoms with Crippen LogP contribution in [0, 0.1) is 0 Å². The highest BCUT2D eigenvalue weighted by atomic mass is 32.2. The number of thiazole rings is 1. The van der Waals surface area contributed by atoms with E-state index < -0.39 is 20.0 Å². The summed E-state index contributed by atoms with van der Waals surface area (Å²) < 4.78 is 55.5. The molecule has 2 N–H and O–H groups in total. The molecule has 0 atom stereocenters. The first-order chi connectivity index (χ1) is 13.2. The maximum Gasteiger partial charge on any atom is 0.266 e. The van der Waals surface area contributed by atoms with Crippen molar-refractivity contribution in [2.45, 2.75) is 16.3 Å². The summed E-state index contributed by atoms with van der Waals surface area (Å²) in [4.78, 5) is 3.89. The van der Waals surface area contributed by atoms with Crippen molar-refractivity contribution in [3.05, 3.63) is 65.7 Å². The summed E-state index contributed by atoms with van der Waals surface area (Å²) in [6.07, 6.45) is 1.51. The molecular formula is C17H17N3O5S3. The van der Waals surface area contributed by atoms with Crippen LogP contribution in [0.4, 0.5) is 5.13 Å². The lowest BCUT2D eigenvalue weighted by Gasteiger charge is -2.22. The van der Waals surface area contributed by atoms with Crippen molar-refractivity contribution in [1.29, 1.82) is 0 Å². The highest BCUT2D eigenvalue weighted by Gasteiger charge is 2.27. The van der Waals surface area contributed by atoms with Crippen LogP contribution in [0.1, 0.15) is 5.56 Å². The third-order valence-electron chi connectivity index (χ3n) is 3.86. The smallest absolute Gasteiger partial charge is 0.266 e. The molecule has 3 rings (SSSR count). The van der Waals surface area contributed by atoms with Crippen LogP contribution in [0.2, 0.25) is 0 Å². The SMILES string of the molecule is COc1ccc(CN(c2nccs2)S(=O)(=O)c2ccc(S(N)(=O)=O)cc2)cc1. The van der Waals surface area contributed by atoms with Gasteiger partial charge in [-0.05, 0) is 42.0 Å². The second-order valence-electron chi connectivity index (χ2n) is 5.69. The number of primary sulfonamides is 1. The number of sulfonamides is 2. The number of aromatic nitrogens is 1. The summed E-state index contributed by atoms with van der Waals surface area (Å²) >= 11 is 1.18. The van der Waals surface area contributed by atoms with Gasteiger partial charge >= 0.3 is 0 Å².